The average molecular weight is 431 g/mol. The Morgan fingerprint density at radius 2 is 1.43 bits per heavy atom. The Balaban J connectivity index is 1.88. The van der Waals surface area contributed by atoms with Gasteiger partial charge in [0.2, 0.25) is 0 Å². The number of rotatable bonds is 7. The lowest BCUT2D eigenvalue weighted by Crippen LogP contribution is -2.59. The van der Waals surface area contributed by atoms with Crippen molar-refractivity contribution in [3.8, 4) is 0 Å². The van der Waals surface area contributed by atoms with Gasteiger partial charge in [0.15, 0.2) is 12.2 Å². The van der Waals surface area contributed by atoms with E-state index in [1.807, 2.05) is 60.7 Å². The fourth-order valence-corrected chi connectivity index (χ4v) is 4.50. The van der Waals surface area contributed by atoms with Crippen LogP contribution in [0.4, 0.5) is 0 Å². The molecule has 5 atom stereocenters. The van der Waals surface area contributed by atoms with Gasteiger partial charge >= 0.3 is 11.9 Å². The summed E-state index contributed by atoms with van der Waals surface area (Å²) in [6.07, 6.45) is -2.67. The average Bonchev–Trinajstić information content (AvgIpc) is 2.71. The highest BCUT2D eigenvalue weighted by Crippen LogP contribution is 2.37. The Labute approximate surface area is 180 Å². The van der Waals surface area contributed by atoms with Gasteiger partial charge in [-0.25, -0.2) is 0 Å². The van der Waals surface area contributed by atoms with Crippen LogP contribution in [0.2, 0.25) is 0 Å². The molecule has 0 spiro atoms. The molecule has 1 aliphatic rings. The molecule has 0 bridgehead atoms. The van der Waals surface area contributed by atoms with E-state index in [0.29, 0.717) is 6.61 Å². The minimum absolute atomic E-state index is 0.305. The molecule has 0 aromatic heterocycles. The van der Waals surface area contributed by atoms with Crippen molar-refractivity contribution in [1.82, 2.24) is 0 Å². The quantitative estimate of drug-likeness (QED) is 0.616. The molecule has 0 amide bonds. The number of benzene rings is 2. The van der Waals surface area contributed by atoms with Crippen molar-refractivity contribution in [2.75, 3.05) is 0 Å². The van der Waals surface area contributed by atoms with Crippen molar-refractivity contribution >= 4 is 23.7 Å². The summed E-state index contributed by atoms with van der Waals surface area (Å²) >= 11 is 1.48. The maximum absolute atomic E-state index is 11.9. The molecule has 1 heterocycles. The molecule has 0 saturated carbocycles. The van der Waals surface area contributed by atoms with Gasteiger partial charge < -0.3 is 18.9 Å². The SMILES string of the molecule is CC(=O)O[C@@H]1[C@@H](OC(C)=O)[C@H](C)O[C@@H](Sc2ccccc2)[C@@H]1OCc1ccccc1. The maximum Gasteiger partial charge on any atom is 0.303 e. The number of ether oxygens (including phenoxy) is 4. The summed E-state index contributed by atoms with van der Waals surface area (Å²) in [5, 5.41) is 0. The highest BCUT2D eigenvalue weighted by Gasteiger charge is 2.49. The predicted molar refractivity (Wildman–Crippen MR) is 113 cm³/mol. The van der Waals surface area contributed by atoms with Gasteiger partial charge in [0.05, 0.1) is 12.7 Å². The smallest absolute Gasteiger partial charge is 0.303 e. The summed E-state index contributed by atoms with van der Waals surface area (Å²) in [6.45, 7) is 4.76. The van der Waals surface area contributed by atoms with Crippen LogP contribution in [0, 0.1) is 0 Å². The second-order valence-corrected chi connectivity index (χ2v) is 8.22. The van der Waals surface area contributed by atoms with Gasteiger partial charge in [-0.15, -0.1) is 0 Å². The van der Waals surface area contributed by atoms with Crippen LogP contribution in [0.1, 0.15) is 26.3 Å². The number of carbonyl (C=O) groups excluding carboxylic acids is 2. The third-order valence-corrected chi connectivity index (χ3v) is 5.77. The molecule has 2 aromatic rings. The summed E-state index contributed by atoms with van der Waals surface area (Å²) in [5.74, 6) is -0.938. The zero-order chi connectivity index (χ0) is 21.5. The number of hydrogen-bond donors (Lipinski definition) is 0. The van der Waals surface area contributed by atoms with Crippen molar-refractivity contribution in [3.63, 3.8) is 0 Å². The molecule has 1 saturated heterocycles. The Kier molecular flexibility index (Phi) is 7.90. The van der Waals surface area contributed by atoms with Gasteiger partial charge in [-0.1, -0.05) is 60.3 Å². The molecule has 1 aliphatic heterocycles. The highest BCUT2D eigenvalue weighted by molar-refractivity contribution is 7.99. The Morgan fingerprint density at radius 1 is 0.867 bits per heavy atom. The minimum atomic E-state index is -0.792. The maximum atomic E-state index is 11.9. The first-order chi connectivity index (χ1) is 14.4. The van der Waals surface area contributed by atoms with Crippen LogP contribution >= 0.6 is 11.8 Å². The van der Waals surface area contributed by atoms with Gasteiger partial charge in [-0.05, 0) is 24.6 Å². The second kappa shape index (κ2) is 10.6. The van der Waals surface area contributed by atoms with Crippen molar-refractivity contribution in [1.29, 1.82) is 0 Å². The Hall–Kier alpha value is -2.35. The van der Waals surface area contributed by atoms with E-state index in [-0.39, 0.29) is 0 Å². The normalized spacial score (nSPS) is 26.0. The van der Waals surface area contributed by atoms with Crippen LogP contribution in [0.15, 0.2) is 65.6 Å². The van der Waals surface area contributed by atoms with E-state index in [4.69, 9.17) is 18.9 Å². The third-order valence-electron chi connectivity index (χ3n) is 4.61. The third kappa shape index (κ3) is 6.08. The van der Waals surface area contributed by atoms with Crippen LogP contribution < -0.4 is 0 Å². The van der Waals surface area contributed by atoms with E-state index in [1.165, 1.54) is 25.6 Å². The molecule has 30 heavy (non-hydrogen) atoms. The summed E-state index contributed by atoms with van der Waals surface area (Å²) in [7, 11) is 0. The number of thioether (sulfide) groups is 1. The summed E-state index contributed by atoms with van der Waals surface area (Å²) in [4.78, 5) is 24.5. The van der Waals surface area contributed by atoms with E-state index in [9.17, 15) is 9.59 Å². The van der Waals surface area contributed by atoms with Crippen LogP contribution in [0.3, 0.4) is 0 Å². The zero-order valence-corrected chi connectivity index (χ0v) is 18.0. The van der Waals surface area contributed by atoms with E-state index < -0.39 is 41.8 Å². The topological polar surface area (TPSA) is 71.1 Å². The standard InChI is InChI=1S/C23H26O6S/c1-15-20(28-16(2)24)21(29-17(3)25)22(26-14-18-10-6-4-7-11-18)23(27-15)30-19-12-8-5-9-13-19/h4-13,15,20-23H,14H2,1-3H3/t15-,20-,21+,22+,23-/m0/s1. The summed E-state index contributed by atoms with van der Waals surface area (Å²) in [5.41, 5.74) is 0.521. The molecule has 0 radical (unpaired) electrons. The first-order valence-electron chi connectivity index (χ1n) is 9.81. The number of carbonyl (C=O) groups is 2. The largest absolute Gasteiger partial charge is 0.456 e. The number of esters is 2. The lowest BCUT2D eigenvalue weighted by Gasteiger charge is -2.44. The van der Waals surface area contributed by atoms with Crippen molar-refractivity contribution in [2.24, 2.45) is 0 Å². The van der Waals surface area contributed by atoms with Crippen molar-refractivity contribution < 1.29 is 28.5 Å². The molecule has 160 valence electrons. The molecule has 1 fully saturated rings. The van der Waals surface area contributed by atoms with Crippen LogP contribution in [-0.2, 0) is 35.1 Å². The van der Waals surface area contributed by atoms with Gasteiger partial charge in [-0.2, -0.15) is 0 Å². The monoisotopic (exact) mass is 430 g/mol. The zero-order valence-electron chi connectivity index (χ0n) is 17.2. The van der Waals surface area contributed by atoms with Crippen LogP contribution in [-0.4, -0.2) is 41.8 Å². The Bertz CT molecular complexity index is 828. The molecular formula is C23H26O6S. The summed E-state index contributed by atoms with van der Waals surface area (Å²) in [6, 6.07) is 19.5. The Morgan fingerprint density at radius 3 is 2.03 bits per heavy atom. The first kappa shape index (κ1) is 22.3. The van der Waals surface area contributed by atoms with E-state index in [1.54, 1.807) is 6.92 Å². The van der Waals surface area contributed by atoms with E-state index in [0.717, 1.165) is 10.5 Å². The fourth-order valence-electron chi connectivity index (χ4n) is 3.32. The van der Waals surface area contributed by atoms with Crippen LogP contribution in [0.5, 0.6) is 0 Å². The van der Waals surface area contributed by atoms with Gasteiger partial charge in [0, 0.05) is 18.7 Å². The summed E-state index contributed by atoms with van der Waals surface area (Å²) < 4.78 is 23.5. The van der Waals surface area contributed by atoms with Gasteiger partial charge in [0.1, 0.15) is 11.5 Å². The van der Waals surface area contributed by atoms with Gasteiger partial charge in [-0.3, -0.25) is 9.59 Å². The lowest BCUT2D eigenvalue weighted by molar-refractivity contribution is -0.232. The van der Waals surface area contributed by atoms with Crippen molar-refractivity contribution in [2.45, 2.75) is 62.1 Å². The van der Waals surface area contributed by atoms with Crippen LogP contribution in [0.25, 0.3) is 0 Å². The molecule has 6 nitrogen and oxygen atoms in total. The number of hydrogen-bond acceptors (Lipinski definition) is 7. The van der Waals surface area contributed by atoms with E-state index >= 15 is 0 Å². The molecule has 0 unspecified atom stereocenters. The van der Waals surface area contributed by atoms with Crippen molar-refractivity contribution in [3.05, 3.63) is 66.2 Å². The highest BCUT2D eigenvalue weighted by atomic mass is 32.2. The molecule has 0 N–H and O–H groups in total. The minimum Gasteiger partial charge on any atom is -0.456 e. The predicted octanol–water partition coefficient (Wildman–Crippen LogP) is 3.97. The first-order valence-corrected chi connectivity index (χ1v) is 10.7. The fraction of sp³-hybridized carbons (Fsp3) is 0.391. The lowest BCUT2D eigenvalue weighted by atomic mass is 10.00. The van der Waals surface area contributed by atoms with Gasteiger partial charge in [0.25, 0.3) is 0 Å². The molecular weight excluding hydrogens is 404 g/mol. The molecule has 3 rings (SSSR count). The second-order valence-electron chi connectivity index (χ2n) is 7.05. The van der Waals surface area contributed by atoms with E-state index in [2.05, 4.69) is 0 Å². The molecule has 7 heteroatoms. The molecule has 2 aromatic carbocycles. The molecule has 0 aliphatic carbocycles.